The van der Waals surface area contributed by atoms with Gasteiger partial charge in [-0.3, -0.25) is 4.99 Å². The van der Waals surface area contributed by atoms with Crippen LogP contribution < -0.4 is 15.4 Å². The number of aromatic nitrogens is 3. The molecule has 2 aromatic rings. The molecule has 0 radical (unpaired) electrons. The monoisotopic (exact) mass is 512 g/mol. The Kier molecular flexibility index (Phi) is 9.19. The molecule has 0 spiro atoms. The first-order chi connectivity index (χ1) is 13.6. The van der Waals surface area contributed by atoms with Crippen molar-refractivity contribution in [1.82, 2.24) is 25.4 Å². The SMILES string of the molecule is CCc1nc2n(n1)CC(NC(=NC)NCCOc1ccccc1C(C)C)CC2.I. The predicted octanol–water partition coefficient (Wildman–Crippen LogP) is 3.14. The number of aryl methyl sites for hydroxylation is 2. The van der Waals surface area contributed by atoms with Gasteiger partial charge in [0.05, 0.1) is 13.1 Å². The number of fused-ring (bicyclic) bond motifs is 1. The topological polar surface area (TPSA) is 76.4 Å². The standard InChI is InChI=1S/C21H32N6O.HI/c1-5-19-25-20-11-10-16(14-27(20)26-19)24-21(22-4)23-12-13-28-18-9-7-6-8-17(18)15(2)3;/h6-9,15-16H,5,10-14H2,1-4H3,(H2,22,23,24);1H. The number of hydrogen-bond donors (Lipinski definition) is 2. The predicted molar refractivity (Wildman–Crippen MR) is 127 cm³/mol. The lowest BCUT2D eigenvalue weighted by Gasteiger charge is -2.25. The van der Waals surface area contributed by atoms with Crippen LogP contribution in [0.2, 0.25) is 0 Å². The summed E-state index contributed by atoms with van der Waals surface area (Å²) >= 11 is 0. The van der Waals surface area contributed by atoms with Crippen molar-refractivity contribution in [2.45, 2.75) is 58.5 Å². The zero-order valence-electron chi connectivity index (χ0n) is 17.8. The molecular formula is C21H33IN6O. The lowest BCUT2D eigenvalue weighted by molar-refractivity contribution is 0.316. The quantitative estimate of drug-likeness (QED) is 0.258. The van der Waals surface area contributed by atoms with Crippen LogP contribution in [0.1, 0.15) is 50.3 Å². The van der Waals surface area contributed by atoms with E-state index in [1.165, 1.54) is 5.56 Å². The van der Waals surface area contributed by atoms with E-state index >= 15 is 0 Å². The van der Waals surface area contributed by atoms with Gasteiger partial charge in [-0.1, -0.05) is 39.0 Å². The fraction of sp³-hybridized carbons (Fsp3) is 0.571. The summed E-state index contributed by atoms with van der Waals surface area (Å²) in [6, 6.07) is 8.53. The van der Waals surface area contributed by atoms with Crippen molar-refractivity contribution in [2.24, 2.45) is 4.99 Å². The second-order valence-electron chi connectivity index (χ2n) is 7.40. The molecule has 1 aromatic carbocycles. The van der Waals surface area contributed by atoms with Crippen molar-refractivity contribution < 1.29 is 4.74 Å². The van der Waals surface area contributed by atoms with E-state index in [2.05, 4.69) is 58.6 Å². The van der Waals surface area contributed by atoms with Gasteiger partial charge in [0, 0.05) is 25.9 Å². The Hall–Kier alpha value is -1.84. The molecule has 1 atom stereocenters. The highest BCUT2D eigenvalue weighted by Gasteiger charge is 2.22. The second-order valence-corrected chi connectivity index (χ2v) is 7.40. The second kappa shape index (κ2) is 11.4. The van der Waals surface area contributed by atoms with Crippen molar-refractivity contribution in [3.63, 3.8) is 0 Å². The molecule has 7 nitrogen and oxygen atoms in total. The minimum atomic E-state index is 0. The molecule has 0 aliphatic carbocycles. The third kappa shape index (κ3) is 6.32. The molecule has 2 N–H and O–H groups in total. The molecule has 0 saturated heterocycles. The molecule has 2 heterocycles. The van der Waals surface area contributed by atoms with Crippen LogP contribution >= 0.6 is 24.0 Å². The van der Waals surface area contributed by atoms with Crippen LogP contribution in [-0.4, -0.2) is 47.0 Å². The van der Waals surface area contributed by atoms with Gasteiger partial charge in [0.25, 0.3) is 0 Å². The summed E-state index contributed by atoms with van der Waals surface area (Å²) in [5, 5.41) is 11.4. The van der Waals surface area contributed by atoms with Crippen molar-refractivity contribution in [1.29, 1.82) is 0 Å². The highest BCUT2D eigenvalue weighted by Crippen LogP contribution is 2.25. The van der Waals surface area contributed by atoms with Crippen LogP contribution in [0.4, 0.5) is 0 Å². The first-order valence-corrected chi connectivity index (χ1v) is 10.2. The maximum absolute atomic E-state index is 5.98. The highest BCUT2D eigenvalue weighted by molar-refractivity contribution is 14.0. The van der Waals surface area contributed by atoms with Crippen molar-refractivity contribution >= 4 is 29.9 Å². The number of halogens is 1. The molecule has 8 heteroatoms. The minimum absolute atomic E-state index is 0. The van der Waals surface area contributed by atoms with E-state index in [1.54, 1.807) is 7.05 Å². The van der Waals surface area contributed by atoms with Crippen LogP contribution in [0.5, 0.6) is 5.75 Å². The molecule has 3 rings (SSSR count). The summed E-state index contributed by atoms with van der Waals surface area (Å²) in [4.78, 5) is 8.92. The molecule has 1 aliphatic rings. The summed E-state index contributed by atoms with van der Waals surface area (Å²) in [5.74, 6) is 4.22. The zero-order valence-corrected chi connectivity index (χ0v) is 20.1. The summed E-state index contributed by atoms with van der Waals surface area (Å²) < 4.78 is 8.00. The summed E-state index contributed by atoms with van der Waals surface area (Å²) in [5.41, 5.74) is 1.24. The van der Waals surface area contributed by atoms with Crippen molar-refractivity contribution in [3.8, 4) is 5.75 Å². The molecule has 0 bridgehead atoms. The number of guanidine groups is 1. The van der Waals surface area contributed by atoms with E-state index in [9.17, 15) is 0 Å². The third-order valence-electron chi connectivity index (χ3n) is 4.98. The van der Waals surface area contributed by atoms with Gasteiger partial charge in [0.1, 0.15) is 18.2 Å². The summed E-state index contributed by atoms with van der Waals surface area (Å²) in [6.45, 7) is 8.54. The molecule has 0 fully saturated rings. The van der Waals surface area contributed by atoms with E-state index in [0.717, 1.165) is 49.2 Å². The van der Waals surface area contributed by atoms with Gasteiger partial charge >= 0.3 is 0 Å². The summed E-state index contributed by atoms with van der Waals surface area (Å²) in [7, 11) is 1.79. The van der Waals surface area contributed by atoms with Gasteiger partial charge in [-0.05, 0) is 24.0 Å². The van der Waals surface area contributed by atoms with Gasteiger partial charge in [0.15, 0.2) is 11.8 Å². The first-order valence-electron chi connectivity index (χ1n) is 10.2. The van der Waals surface area contributed by atoms with Crippen molar-refractivity contribution in [2.75, 3.05) is 20.2 Å². The third-order valence-corrected chi connectivity index (χ3v) is 4.98. The van der Waals surface area contributed by atoms with Gasteiger partial charge < -0.3 is 15.4 Å². The smallest absolute Gasteiger partial charge is 0.191 e. The minimum Gasteiger partial charge on any atom is -0.491 e. The number of hydrogen-bond acceptors (Lipinski definition) is 4. The number of benzene rings is 1. The highest BCUT2D eigenvalue weighted by atomic mass is 127. The molecule has 0 saturated carbocycles. The zero-order chi connectivity index (χ0) is 19.9. The van der Waals surface area contributed by atoms with Gasteiger partial charge in [-0.2, -0.15) is 5.10 Å². The molecular weight excluding hydrogens is 479 g/mol. The largest absolute Gasteiger partial charge is 0.491 e. The van der Waals surface area contributed by atoms with E-state index in [4.69, 9.17) is 4.74 Å². The fourth-order valence-corrected chi connectivity index (χ4v) is 3.44. The van der Waals surface area contributed by atoms with Crippen LogP contribution in [-0.2, 0) is 19.4 Å². The molecule has 160 valence electrons. The molecule has 29 heavy (non-hydrogen) atoms. The van der Waals surface area contributed by atoms with E-state index < -0.39 is 0 Å². The molecule has 0 amide bonds. The van der Waals surface area contributed by atoms with E-state index in [1.807, 2.05) is 16.8 Å². The maximum Gasteiger partial charge on any atom is 0.191 e. The number of nitrogens with one attached hydrogen (secondary N) is 2. The lowest BCUT2D eigenvalue weighted by atomic mass is 10.0. The molecule has 1 aliphatic heterocycles. The Morgan fingerprint density at radius 2 is 2.14 bits per heavy atom. The number of rotatable bonds is 7. The van der Waals surface area contributed by atoms with Crippen LogP contribution in [0.25, 0.3) is 0 Å². The van der Waals surface area contributed by atoms with E-state index in [-0.39, 0.29) is 24.0 Å². The lowest BCUT2D eigenvalue weighted by Crippen LogP contribution is -2.47. The normalized spacial score (nSPS) is 16.2. The number of nitrogens with zero attached hydrogens (tertiary/aromatic N) is 4. The molecule has 1 unspecified atom stereocenters. The Bertz CT molecular complexity index is 804. The van der Waals surface area contributed by atoms with Gasteiger partial charge in [-0.25, -0.2) is 9.67 Å². The Labute approximate surface area is 190 Å². The van der Waals surface area contributed by atoms with Crippen molar-refractivity contribution in [3.05, 3.63) is 41.5 Å². The van der Waals surface area contributed by atoms with Crippen LogP contribution in [0.3, 0.4) is 0 Å². The molecule has 1 aromatic heterocycles. The van der Waals surface area contributed by atoms with Gasteiger partial charge in [0.2, 0.25) is 0 Å². The van der Waals surface area contributed by atoms with Crippen LogP contribution in [0, 0.1) is 0 Å². The Morgan fingerprint density at radius 3 is 2.86 bits per heavy atom. The summed E-state index contributed by atoms with van der Waals surface area (Å²) in [6.07, 6.45) is 2.85. The van der Waals surface area contributed by atoms with Gasteiger partial charge in [-0.15, -0.1) is 24.0 Å². The number of para-hydroxylation sites is 1. The average Bonchev–Trinajstić information content (AvgIpc) is 3.13. The average molecular weight is 512 g/mol. The number of ether oxygens (including phenoxy) is 1. The Balaban J connectivity index is 0.00000300. The van der Waals surface area contributed by atoms with E-state index in [0.29, 0.717) is 25.1 Å². The fourth-order valence-electron chi connectivity index (χ4n) is 3.44. The Morgan fingerprint density at radius 1 is 1.34 bits per heavy atom. The van der Waals surface area contributed by atoms with Crippen LogP contribution in [0.15, 0.2) is 29.3 Å². The first kappa shape index (κ1) is 23.4. The maximum atomic E-state index is 5.98. The number of aliphatic imine (C=N–C) groups is 1.